The first-order valence-corrected chi connectivity index (χ1v) is 7.59. The third kappa shape index (κ3) is 2.22. The predicted octanol–water partition coefficient (Wildman–Crippen LogP) is 2.31. The number of rotatable bonds is 2. The number of anilines is 1. The van der Waals surface area contributed by atoms with Crippen LogP contribution in [0, 0.1) is 0 Å². The Bertz CT molecular complexity index is 875. The van der Waals surface area contributed by atoms with E-state index in [0.717, 1.165) is 22.6 Å². The fourth-order valence-electron chi connectivity index (χ4n) is 3.38. The standard InChI is InChI=1S/C17H18N4O2/c1-17(23)8-11(9-17)16-20-13(10-2-4-12(22)5-3-10)14-15(18)19-6-7-21(14)16/h2-7,11,22-23H,8-9H2,1H3,(H2,18,19)/t11-,17+. The summed E-state index contributed by atoms with van der Waals surface area (Å²) >= 11 is 0. The summed E-state index contributed by atoms with van der Waals surface area (Å²) in [5.41, 5.74) is 7.85. The molecule has 0 atom stereocenters. The lowest BCUT2D eigenvalue weighted by Gasteiger charge is -2.40. The molecule has 0 spiro atoms. The third-order valence-electron chi connectivity index (χ3n) is 4.49. The summed E-state index contributed by atoms with van der Waals surface area (Å²) in [7, 11) is 0. The number of aliphatic hydroxyl groups is 1. The molecule has 1 saturated carbocycles. The SMILES string of the molecule is C[C@]1(O)C[C@@H](c2nc(-c3ccc(O)cc3)c3c(N)nccn32)C1. The highest BCUT2D eigenvalue weighted by Gasteiger charge is 2.41. The highest BCUT2D eigenvalue weighted by molar-refractivity contribution is 5.85. The average molecular weight is 310 g/mol. The van der Waals surface area contributed by atoms with Gasteiger partial charge in [0.15, 0.2) is 0 Å². The van der Waals surface area contributed by atoms with Crippen LogP contribution in [0.5, 0.6) is 5.75 Å². The van der Waals surface area contributed by atoms with Gasteiger partial charge in [-0.05, 0) is 44.0 Å². The van der Waals surface area contributed by atoms with Gasteiger partial charge in [0.1, 0.15) is 28.6 Å². The second-order valence-corrected chi connectivity index (χ2v) is 6.50. The summed E-state index contributed by atoms with van der Waals surface area (Å²) in [6.07, 6.45) is 4.88. The zero-order valence-corrected chi connectivity index (χ0v) is 12.8. The highest BCUT2D eigenvalue weighted by atomic mass is 16.3. The van der Waals surface area contributed by atoms with Crippen LogP contribution in [0.3, 0.4) is 0 Å². The Kier molecular flexibility index (Phi) is 2.86. The lowest BCUT2D eigenvalue weighted by molar-refractivity contribution is -0.0335. The maximum atomic E-state index is 10.0. The van der Waals surface area contributed by atoms with Crippen molar-refractivity contribution in [3.05, 3.63) is 42.5 Å². The Morgan fingerprint density at radius 1 is 1.26 bits per heavy atom. The van der Waals surface area contributed by atoms with Crippen molar-refractivity contribution in [2.45, 2.75) is 31.3 Å². The van der Waals surface area contributed by atoms with Crippen LogP contribution in [0.15, 0.2) is 36.7 Å². The van der Waals surface area contributed by atoms with Crippen molar-refractivity contribution in [1.29, 1.82) is 0 Å². The molecule has 4 rings (SSSR count). The van der Waals surface area contributed by atoms with E-state index in [9.17, 15) is 10.2 Å². The summed E-state index contributed by atoms with van der Waals surface area (Å²) in [5, 5.41) is 19.5. The summed E-state index contributed by atoms with van der Waals surface area (Å²) in [4.78, 5) is 8.96. The minimum Gasteiger partial charge on any atom is -0.508 e. The monoisotopic (exact) mass is 310 g/mol. The van der Waals surface area contributed by atoms with Gasteiger partial charge in [0.05, 0.1) is 5.60 Å². The molecule has 1 aromatic carbocycles. The van der Waals surface area contributed by atoms with Crippen molar-refractivity contribution < 1.29 is 10.2 Å². The Morgan fingerprint density at radius 2 is 1.96 bits per heavy atom. The van der Waals surface area contributed by atoms with E-state index in [4.69, 9.17) is 10.7 Å². The molecule has 0 radical (unpaired) electrons. The van der Waals surface area contributed by atoms with Crippen molar-refractivity contribution in [3.63, 3.8) is 0 Å². The first-order chi connectivity index (χ1) is 10.9. The first kappa shape index (κ1) is 14.0. The minimum atomic E-state index is -0.617. The van der Waals surface area contributed by atoms with Crippen LogP contribution in [0.2, 0.25) is 0 Å². The zero-order valence-electron chi connectivity index (χ0n) is 12.8. The van der Waals surface area contributed by atoms with Gasteiger partial charge < -0.3 is 15.9 Å². The number of fused-ring (bicyclic) bond motifs is 1. The largest absolute Gasteiger partial charge is 0.508 e. The molecule has 2 aromatic heterocycles. The minimum absolute atomic E-state index is 0.199. The van der Waals surface area contributed by atoms with Crippen LogP contribution in [0.25, 0.3) is 16.8 Å². The number of phenols is 1. The number of imidazole rings is 1. The van der Waals surface area contributed by atoms with E-state index < -0.39 is 5.60 Å². The molecule has 0 aliphatic heterocycles. The number of nitrogens with two attached hydrogens (primary N) is 1. The molecule has 2 heterocycles. The van der Waals surface area contributed by atoms with Crippen LogP contribution < -0.4 is 5.73 Å². The van der Waals surface area contributed by atoms with Crippen molar-refractivity contribution in [1.82, 2.24) is 14.4 Å². The molecule has 3 aromatic rings. The molecule has 1 aliphatic carbocycles. The molecular weight excluding hydrogens is 292 g/mol. The molecule has 0 unspecified atom stereocenters. The molecule has 4 N–H and O–H groups in total. The first-order valence-electron chi connectivity index (χ1n) is 7.59. The lowest BCUT2D eigenvalue weighted by Crippen LogP contribution is -2.40. The predicted molar refractivity (Wildman–Crippen MR) is 87.1 cm³/mol. The third-order valence-corrected chi connectivity index (χ3v) is 4.49. The van der Waals surface area contributed by atoms with Crippen molar-refractivity contribution in [2.75, 3.05) is 5.73 Å². The smallest absolute Gasteiger partial charge is 0.150 e. The van der Waals surface area contributed by atoms with Gasteiger partial charge in [-0.25, -0.2) is 9.97 Å². The molecule has 0 bridgehead atoms. The van der Waals surface area contributed by atoms with Gasteiger partial charge in [0, 0.05) is 23.9 Å². The van der Waals surface area contributed by atoms with Crippen LogP contribution in [-0.2, 0) is 0 Å². The van der Waals surface area contributed by atoms with Crippen LogP contribution in [-0.4, -0.2) is 30.2 Å². The molecule has 0 amide bonds. The molecule has 118 valence electrons. The van der Waals surface area contributed by atoms with E-state index in [-0.39, 0.29) is 11.7 Å². The normalized spacial score (nSPS) is 23.8. The maximum Gasteiger partial charge on any atom is 0.150 e. The number of nitrogens with zero attached hydrogens (tertiary/aromatic N) is 3. The Balaban J connectivity index is 1.89. The van der Waals surface area contributed by atoms with Crippen molar-refractivity contribution >= 4 is 11.3 Å². The Hall–Kier alpha value is -2.60. The summed E-state index contributed by atoms with van der Waals surface area (Å²) in [6, 6.07) is 6.87. The number of hydrogen-bond acceptors (Lipinski definition) is 5. The fraction of sp³-hybridized carbons (Fsp3) is 0.294. The lowest BCUT2D eigenvalue weighted by atomic mass is 9.72. The van der Waals surface area contributed by atoms with Gasteiger partial charge in [-0.1, -0.05) is 0 Å². The number of aromatic nitrogens is 3. The topological polar surface area (TPSA) is 96.7 Å². The molecule has 6 heteroatoms. The van der Waals surface area contributed by atoms with Gasteiger partial charge in [0.2, 0.25) is 0 Å². The van der Waals surface area contributed by atoms with Crippen LogP contribution in [0.4, 0.5) is 5.82 Å². The number of phenolic OH excluding ortho intramolecular Hbond substituents is 1. The van der Waals surface area contributed by atoms with Gasteiger partial charge >= 0.3 is 0 Å². The molecule has 1 aliphatic rings. The van der Waals surface area contributed by atoms with E-state index in [0.29, 0.717) is 18.7 Å². The molecular formula is C17H18N4O2. The van der Waals surface area contributed by atoms with Gasteiger partial charge in [-0.2, -0.15) is 0 Å². The summed E-state index contributed by atoms with van der Waals surface area (Å²) < 4.78 is 1.96. The van der Waals surface area contributed by atoms with Crippen molar-refractivity contribution in [2.24, 2.45) is 0 Å². The van der Waals surface area contributed by atoms with E-state index >= 15 is 0 Å². The average Bonchev–Trinajstić information content (AvgIpc) is 2.86. The maximum absolute atomic E-state index is 10.0. The molecule has 1 fully saturated rings. The zero-order chi connectivity index (χ0) is 16.2. The quantitative estimate of drug-likeness (QED) is 0.675. The second-order valence-electron chi connectivity index (χ2n) is 6.50. The molecule has 6 nitrogen and oxygen atoms in total. The number of nitrogen functional groups attached to an aromatic ring is 1. The number of hydrogen-bond donors (Lipinski definition) is 3. The van der Waals surface area contributed by atoms with Gasteiger partial charge in [-0.3, -0.25) is 4.40 Å². The highest BCUT2D eigenvalue weighted by Crippen LogP contribution is 2.45. The van der Waals surface area contributed by atoms with E-state index in [1.54, 1.807) is 18.3 Å². The molecule has 23 heavy (non-hydrogen) atoms. The summed E-state index contributed by atoms with van der Waals surface area (Å²) in [5.74, 6) is 1.72. The fourth-order valence-corrected chi connectivity index (χ4v) is 3.38. The van der Waals surface area contributed by atoms with E-state index in [2.05, 4.69) is 4.98 Å². The van der Waals surface area contributed by atoms with E-state index in [1.807, 2.05) is 29.7 Å². The number of benzene rings is 1. The van der Waals surface area contributed by atoms with Gasteiger partial charge in [-0.15, -0.1) is 0 Å². The second kappa shape index (κ2) is 4.70. The molecule has 0 saturated heterocycles. The van der Waals surface area contributed by atoms with E-state index in [1.165, 1.54) is 0 Å². The van der Waals surface area contributed by atoms with Crippen LogP contribution in [0.1, 0.15) is 31.5 Å². The Morgan fingerprint density at radius 3 is 2.61 bits per heavy atom. The van der Waals surface area contributed by atoms with Crippen LogP contribution >= 0.6 is 0 Å². The van der Waals surface area contributed by atoms with Crippen molar-refractivity contribution in [3.8, 4) is 17.0 Å². The van der Waals surface area contributed by atoms with Gasteiger partial charge in [0.25, 0.3) is 0 Å². The summed E-state index contributed by atoms with van der Waals surface area (Å²) in [6.45, 7) is 1.84. The number of aromatic hydroxyl groups is 1. The Labute approximate surface area is 133 Å².